The third-order valence-corrected chi connectivity index (χ3v) is 3.82. The first-order chi connectivity index (χ1) is 9.92. The number of carbonyl (C=O) groups excluding carboxylic acids is 1. The van der Waals surface area contributed by atoms with Gasteiger partial charge in [-0.25, -0.2) is 0 Å². The largest absolute Gasteiger partial charge is 0.493 e. The number of ether oxygens (including phenoxy) is 1. The second kappa shape index (κ2) is 6.48. The number of amides is 1. The van der Waals surface area contributed by atoms with Crippen LogP contribution >= 0.6 is 0 Å². The van der Waals surface area contributed by atoms with Gasteiger partial charge in [-0.1, -0.05) is 19.4 Å². The zero-order chi connectivity index (χ0) is 15.5. The lowest BCUT2D eigenvalue weighted by molar-refractivity contribution is -0.157. The highest BCUT2D eigenvalue weighted by Crippen LogP contribution is 2.26. The molecule has 1 N–H and O–H groups in total. The molecular formula is C17H25NO3. The average molecular weight is 291 g/mol. The number of hydrogen-bond acceptors (Lipinski definition) is 3. The molecule has 0 aliphatic carbocycles. The molecule has 0 unspecified atom stereocenters. The van der Waals surface area contributed by atoms with Crippen LogP contribution in [-0.4, -0.2) is 41.2 Å². The Balaban J connectivity index is 1.73. The lowest BCUT2D eigenvalue weighted by Gasteiger charge is -2.46. The van der Waals surface area contributed by atoms with Crippen molar-refractivity contribution in [2.24, 2.45) is 0 Å². The lowest BCUT2D eigenvalue weighted by Crippen LogP contribution is -2.63. The number of carbonyl (C=O) groups is 1. The third-order valence-electron chi connectivity index (χ3n) is 3.82. The van der Waals surface area contributed by atoms with Gasteiger partial charge in [0.15, 0.2) is 0 Å². The van der Waals surface area contributed by atoms with E-state index >= 15 is 0 Å². The summed E-state index contributed by atoms with van der Waals surface area (Å²) in [5.41, 5.74) is 1.66. The Morgan fingerprint density at radius 1 is 1.29 bits per heavy atom. The number of rotatable bonds is 6. The molecule has 1 heterocycles. The molecule has 1 aliphatic rings. The average Bonchev–Trinajstić information content (AvgIpc) is 2.34. The van der Waals surface area contributed by atoms with Crippen molar-refractivity contribution in [3.63, 3.8) is 0 Å². The van der Waals surface area contributed by atoms with E-state index in [1.807, 2.05) is 32.9 Å². The van der Waals surface area contributed by atoms with Gasteiger partial charge < -0.3 is 14.7 Å². The van der Waals surface area contributed by atoms with E-state index in [4.69, 9.17) is 4.74 Å². The Morgan fingerprint density at radius 2 is 1.90 bits per heavy atom. The topological polar surface area (TPSA) is 49.8 Å². The highest BCUT2D eigenvalue weighted by molar-refractivity contribution is 5.77. The van der Waals surface area contributed by atoms with Gasteiger partial charge in [0.05, 0.1) is 31.7 Å². The Kier molecular flexibility index (Phi) is 4.88. The van der Waals surface area contributed by atoms with Crippen LogP contribution in [0.4, 0.5) is 0 Å². The normalized spacial score (nSPS) is 16.5. The Bertz CT molecular complexity index is 487. The van der Waals surface area contributed by atoms with Gasteiger partial charge in [-0.3, -0.25) is 4.79 Å². The van der Waals surface area contributed by atoms with E-state index in [0.29, 0.717) is 26.1 Å². The summed E-state index contributed by atoms with van der Waals surface area (Å²) in [7, 11) is 0. The van der Waals surface area contributed by atoms with Gasteiger partial charge in [0.1, 0.15) is 5.75 Å². The number of likely N-dealkylation sites (tertiary alicyclic amines) is 1. The van der Waals surface area contributed by atoms with Crippen molar-refractivity contribution < 1.29 is 14.6 Å². The van der Waals surface area contributed by atoms with E-state index in [2.05, 4.69) is 6.07 Å². The molecule has 21 heavy (non-hydrogen) atoms. The summed E-state index contributed by atoms with van der Waals surface area (Å²) in [4.78, 5) is 13.7. The molecule has 0 saturated carbocycles. The van der Waals surface area contributed by atoms with E-state index in [9.17, 15) is 9.90 Å². The minimum absolute atomic E-state index is 0.0557. The Hall–Kier alpha value is -1.55. The maximum absolute atomic E-state index is 12.0. The molecule has 1 amide bonds. The number of aliphatic hydroxyl groups is 1. The zero-order valence-corrected chi connectivity index (χ0v) is 13.2. The minimum atomic E-state index is -0.654. The van der Waals surface area contributed by atoms with Crippen LogP contribution in [0.5, 0.6) is 5.75 Å². The summed E-state index contributed by atoms with van der Waals surface area (Å²) < 4.78 is 5.65. The van der Waals surface area contributed by atoms with Crippen molar-refractivity contribution in [1.82, 2.24) is 4.90 Å². The molecule has 116 valence electrons. The van der Waals surface area contributed by atoms with Crippen LogP contribution in [0.3, 0.4) is 0 Å². The molecule has 0 bridgehead atoms. The molecule has 4 heteroatoms. The highest BCUT2D eigenvalue weighted by Gasteiger charge is 2.42. The fourth-order valence-corrected chi connectivity index (χ4v) is 2.89. The number of hydrogen-bond donors (Lipinski definition) is 1. The van der Waals surface area contributed by atoms with E-state index in [0.717, 1.165) is 29.7 Å². The molecule has 0 spiro atoms. The van der Waals surface area contributed by atoms with E-state index < -0.39 is 5.60 Å². The molecule has 1 aromatic carbocycles. The first-order valence-electron chi connectivity index (χ1n) is 7.63. The summed E-state index contributed by atoms with van der Waals surface area (Å²) in [6.45, 7) is 7.40. The van der Waals surface area contributed by atoms with Gasteiger partial charge in [-0.2, -0.15) is 0 Å². The predicted molar refractivity (Wildman–Crippen MR) is 82.5 cm³/mol. The lowest BCUT2D eigenvalue weighted by atomic mass is 9.89. The molecule has 1 fully saturated rings. The van der Waals surface area contributed by atoms with E-state index in [-0.39, 0.29) is 5.91 Å². The van der Waals surface area contributed by atoms with Gasteiger partial charge >= 0.3 is 0 Å². The SMILES string of the molecule is CCCC1(O)CN(C(=O)CCOc2cc(C)cc(C)c2)C1. The quantitative estimate of drug-likeness (QED) is 0.876. The smallest absolute Gasteiger partial charge is 0.226 e. The van der Waals surface area contributed by atoms with Crippen LogP contribution in [0.2, 0.25) is 0 Å². The molecule has 2 rings (SSSR count). The van der Waals surface area contributed by atoms with Crippen LogP contribution in [0, 0.1) is 13.8 Å². The van der Waals surface area contributed by atoms with Gasteiger partial charge in [-0.15, -0.1) is 0 Å². The molecule has 0 aromatic heterocycles. The van der Waals surface area contributed by atoms with Crippen LogP contribution in [-0.2, 0) is 4.79 Å². The van der Waals surface area contributed by atoms with Crippen molar-refractivity contribution in [3.05, 3.63) is 29.3 Å². The highest BCUT2D eigenvalue weighted by atomic mass is 16.5. The Morgan fingerprint density at radius 3 is 2.48 bits per heavy atom. The molecule has 4 nitrogen and oxygen atoms in total. The monoisotopic (exact) mass is 291 g/mol. The van der Waals surface area contributed by atoms with E-state index in [1.54, 1.807) is 4.90 Å². The van der Waals surface area contributed by atoms with Crippen molar-refractivity contribution in [1.29, 1.82) is 0 Å². The maximum atomic E-state index is 12.0. The Labute approximate surface area is 126 Å². The van der Waals surface area contributed by atoms with Crippen molar-refractivity contribution >= 4 is 5.91 Å². The number of aryl methyl sites for hydroxylation is 2. The van der Waals surface area contributed by atoms with Crippen molar-refractivity contribution in [2.75, 3.05) is 19.7 Å². The molecular weight excluding hydrogens is 266 g/mol. The zero-order valence-electron chi connectivity index (χ0n) is 13.2. The number of benzene rings is 1. The van der Waals surface area contributed by atoms with Gasteiger partial charge in [0.25, 0.3) is 0 Å². The predicted octanol–water partition coefficient (Wildman–Crippen LogP) is 2.45. The summed E-state index contributed by atoms with van der Waals surface area (Å²) in [5.74, 6) is 0.867. The standard InChI is InChI=1S/C17H25NO3/c1-4-6-17(20)11-18(12-17)16(19)5-7-21-15-9-13(2)8-14(3)10-15/h8-10,20H,4-7,11-12H2,1-3H3. The second-order valence-electron chi connectivity index (χ2n) is 6.15. The van der Waals surface area contributed by atoms with Gasteiger partial charge in [0, 0.05) is 0 Å². The minimum Gasteiger partial charge on any atom is -0.493 e. The number of nitrogens with zero attached hydrogens (tertiary/aromatic N) is 1. The first kappa shape index (κ1) is 15.8. The van der Waals surface area contributed by atoms with Gasteiger partial charge in [0.2, 0.25) is 5.91 Å². The van der Waals surface area contributed by atoms with Crippen LogP contribution in [0.25, 0.3) is 0 Å². The van der Waals surface area contributed by atoms with Crippen LogP contribution < -0.4 is 4.74 Å². The summed E-state index contributed by atoms with van der Waals surface area (Å²) in [6, 6.07) is 6.04. The summed E-state index contributed by atoms with van der Waals surface area (Å²) >= 11 is 0. The second-order valence-corrected chi connectivity index (χ2v) is 6.15. The first-order valence-corrected chi connectivity index (χ1v) is 7.63. The fraction of sp³-hybridized carbons (Fsp3) is 0.588. The van der Waals surface area contributed by atoms with E-state index in [1.165, 1.54) is 0 Å². The molecule has 0 atom stereocenters. The molecule has 1 saturated heterocycles. The fourth-order valence-electron chi connectivity index (χ4n) is 2.89. The van der Waals surface area contributed by atoms with Gasteiger partial charge in [-0.05, 0) is 43.5 Å². The molecule has 0 radical (unpaired) electrons. The number of β-amino-alcohol motifs (C(OH)–C–C–N with tert-alkyl or cyclic N) is 1. The summed E-state index contributed by atoms with van der Waals surface area (Å²) in [6.07, 6.45) is 2.05. The van der Waals surface area contributed by atoms with Crippen molar-refractivity contribution in [2.45, 2.75) is 45.6 Å². The summed E-state index contributed by atoms with van der Waals surface area (Å²) in [5, 5.41) is 10.1. The maximum Gasteiger partial charge on any atom is 0.226 e. The molecule has 1 aliphatic heterocycles. The molecule has 1 aromatic rings. The van der Waals surface area contributed by atoms with Crippen LogP contribution in [0.1, 0.15) is 37.3 Å². The van der Waals surface area contributed by atoms with Crippen molar-refractivity contribution in [3.8, 4) is 5.75 Å². The third kappa shape index (κ3) is 4.21. The van der Waals surface area contributed by atoms with Crippen LogP contribution in [0.15, 0.2) is 18.2 Å².